The molecule has 0 amide bonds. The fraction of sp³-hybridized carbons (Fsp3) is 0.357. The topological polar surface area (TPSA) is 40.5 Å². The Bertz CT molecular complexity index is 348. The van der Waals surface area contributed by atoms with Gasteiger partial charge in [0.15, 0.2) is 0 Å². The van der Waals surface area contributed by atoms with Crippen LogP contribution < -0.4 is 4.90 Å². The molecule has 3 nitrogen and oxygen atoms in total. The number of anilines is 1. The number of allylic oxidation sites excluding steroid dienone is 1. The van der Waals surface area contributed by atoms with E-state index in [2.05, 4.69) is 11.5 Å². The number of rotatable bonds is 8. The first-order valence-corrected chi connectivity index (χ1v) is 5.86. The van der Waals surface area contributed by atoms with Crippen LogP contribution in [0, 0.1) is 0 Å². The molecular weight excluding hydrogens is 214 g/mol. The van der Waals surface area contributed by atoms with E-state index in [1.807, 2.05) is 36.4 Å². The molecule has 0 aliphatic carbocycles. The Morgan fingerprint density at radius 3 is 2.59 bits per heavy atom. The van der Waals surface area contributed by atoms with Crippen molar-refractivity contribution in [1.29, 1.82) is 0 Å². The first-order valence-electron chi connectivity index (χ1n) is 5.86. The van der Waals surface area contributed by atoms with Crippen LogP contribution in [-0.2, 0) is 4.79 Å². The lowest BCUT2D eigenvalue weighted by Gasteiger charge is -2.23. The average molecular weight is 233 g/mol. The lowest BCUT2D eigenvalue weighted by molar-refractivity contribution is -0.136. The molecule has 0 spiro atoms. The third-order valence-electron chi connectivity index (χ3n) is 2.55. The molecule has 0 unspecified atom stereocenters. The number of benzene rings is 1. The molecule has 0 bridgehead atoms. The highest BCUT2D eigenvalue weighted by atomic mass is 16.4. The Morgan fingerprint density at radius 1 is 1.29 bits per heavy atom. The fourth-order valence-corrected chi connectivity index (χ4v) is 1.67. The molecule has 0 aliphatic heterocycles. The largest absolute Gasteiger partial charge is 0.481 e. The SMILES string of the molecule is C=CCCCN(CCC(=O)O)c1ccccc1. The molecule has 0 saturated carbocycles. The molecule has 0 atom stereocenters. The van der Waals surface area contributed by atoms with Gasteiger partial charge in [0.2, 0.25) is 0 Å². The molecule has 1 N–H and O–H groups in total. The van der Waals surface area contributed by atoms with E-state index in [0.29, 0.717) is 6.54 Å². The highest BCUT2D eigenvalue weighted by Gasteiger charge is 2.07. The third-order valence-corrected chi connectivity index (χ3v) is 2.55. The zero-order chi connectivity index (χ0) is 12.5. The summed E-state index contributed by atoms with van der Waals surface area (Å²) < 4.78 is 0. The molecule has 0 radical (unpaired) electrons. The number of aliphatic carboxylic acids is 1. The summed E-state index contributed by atoms with van der Waals surface area (Å²) in [4.78, 5) is 12.7. The summed E-state index contributed by atoms with van der Waals surface area (Å²) >= 11 is 0. The zero-order valence-electron chi connectivity index (χ0n) is 10.0. The zero-order valence-corrected chi connectivity index (χ0v) is 10.0. The fourth-order valence-electron chi connectivity index (χ4n) is 1.67. The number of carbonyl (C=O) groups is 1. The molecule has 1 aromatic rings. The van der Waals surface area contributed by atoms with Crippen molar-refractivity contribution in [3.63, 3.8) is 0 Å². The van der Waals surface area contributed by atoms with Crippen molar-refractivity contribution < 1.29 is 9.90 Å². The number of hydrogen-bond donors (Lipinski definition) is 1. The van der Waals surface area contributed by atoms with Gasteiger partial charge in [0.25, 0.3) is 0 Å². The summed E-state index contributed by atoms with van der Waals surface area (Å²) in [5, 5.41) is 8.74. The number of nitrogens with zero attached hydrogens (tertiary/aromatic N) is 1. The monoisotopic (exact) mass is 233 g/mol. The Hall–Kier alpha value is -1.77. The molecule has 92 valence electrons. The Morgan fingerprint density at radius 2 is 2.00 bits per heavy atom. The normalized spacial score (nSPS) is 9.88. The summed E-state index contributed by atoms with van der Waals surface area (Å²) in [7, 11) is 0. The lowest BCUT2D eigenvalue weighted by Crippen LogP contribution is -2.27. The third kappa shape index (κ3) is 5.20. The van der Waals surface area contributed by atoms with Gasteiger partial charge in [-0.3, -0.25) is 4.79 Å². The summed E-state index contributed by atoms with van der Waals surface area (Å²) in [6.45, 7) is 5.11. The van der Waals surface area contributed by atoms with Gasteiger partial charge in [-0.1, -0.05) is 24.3 Å². The van der Waals surface area contributed by atoms with Crippen LogP contribution in [0.4, 0.5) is 5.69 Å². The van der Waals surface area contributed by atoms with Gasteiger partial charge in [0.1, 0.15) is 0 Å². The second-order valence-electron chi connectivity index (χ2n) is 3.90. The predicted octanol–water partition coefficient (Wildman–Crippen LogP) is 2.93. The van der Waals surface area contributed by atoms with Gasteiger partial charge in [-0.25, -0.2) is 0 Å². The van der Waals surface area contributed by atoms with E-state index in [1.54, 1.807) is 0 Å². The van der Waals surface area contributed by atoms with Crippen LogP contribution >= 0.6 is 0 Å². The smallest absolute Gasteiger partial charge is 0.305 e. The maximum atomic E-state index is 10.6. The van der Waals surface area contributed by atoms with E-state index in [9.17, 15) is 4.79 Å². The number of carboxylic acids is 1. The van der Waals surface area contributed by atoms with E-state index in [4.69, 9.17) is 5.11 Å². The van der Waals surface area contributed by atoms with Crippen molar-refractivity contribution in [1.82, 2.24) is 0 Å². The van der Waals surface area contributed by atoms with Crippen molar-refractivity contribution in [2.45, 2.75) is 19.3 Å². The highest BCUT2D eigenvalue weighted by Crippen LogP contribution is 2.14. The Kier molecular flexibility index (Phi) is 5.86. The van der Waals surface area contributed by atoms with Gasteiger partial charge in [-0.15, -0.1) is 6.58 Å². The quantitative estimate of drug-likeness (QED) is 0.554. The molecule has 1 aromatic carbocycles. The molecule has 0 aromatic heterocycles. The van der Waals surface area contributed by atoms with Crippen molar-refractivity contribution in [2.75, 3.05) is 18.0 Å². The van der Waals surface area contributed by atoms with E-state index in [1.165, 1.54) is 0 Å². The number of hydrogen-bond acceptors (Lipinski definition) is 2. The molecule has 0 saturated heterocycles. The summed E-state index contributed by atoms with van der Waals surface area (Å²) in [5.74, 6) is -0.755. The van der Waals surface area contributed by atoms with Crippen LogP contribution in [0.5, 0.6) is 0 Å². The van der Waals surface area contributed by atoms with Gasteiger partial charge >= 0.3 is 5.97 Å². The maximum absolute atomic E-state index is 10.6. The van der Waals surface area contributed by atoms with Gasteiger partial charge in [0, 0.05) is 18.8 Å². The molecule has 0 fully saturated rings. The van der Waals surface area contributed by atoms with Crippen molar-refractivity contribution >= 4 is 11.7 Å². The number of unbranched alkanes of at least 4 members (excludes halogenated alkanes) is 1. The predicted molar refractivity (Wildman–Crippen MR) is 70.3 cm³/mol. The Balaban J connectivity index is 2.58. The molecule has 3 heteroatoms. The average Bonchev–Trinajstić information content (AvgIpc) is 2.34. The van der Waals surface area contributed by atoms with Gasteiger partial charge < -0.3 is 10.0 Å². The molecule has 17 heavy (non-hydrogen) atoms. The minimum Gasteiger partial charge on any atom is -0.481 e. The van der Waals surface area contributed by atoms with Gasteiger partial charge in [-0.2, -0.15) is 0 Å². The van der Waals surface area contributed by atoms with Crippen LogP contribution in [0.15, 0.2) is 43.0 Å². The van der Waals surface area contributed by atoms with Crippen molar-refractivity contribution in [3.8, 4) is 0 Å². The molecule has 0 aliphatic rings. The molecule has 1 rings (SSSR count). The second kappa shape index (κ2) is 7.49. The minimum absolute atomic E-state index is 0.170. The van der Waals surface area contributed by atoms with Crippen LogP contribution in [0.3, 0.4) is 0 Å². The Labute approximate surface area is 102 Å². The first kappa shape index (κ1) is 13.3. The second-order valence-corrected chi connectivity index (χ2v) is 3.90. The highest BCUT2D eigenvalue weighted by molar-refractivity contribution is 5.67. The lowest BCUT2D eigenvalue weighted by atomic mass is 10.2. The maximum Gasteiger partial charge on any atom is 0.305 e. The van der Waals surface area contributed by atoms with E-state index >= 15 is 0 Å². The van der Waals surface area contributed by atoms with E-state index < -0.39 is 5.97 Å². The van der Waals surface area contributed by atoms with E-state index in [-0.39, 0.29) is 6.42 Å². The minimum atomic E-state index is -0.755. The summed E-state index contributed by atoms with van der Waals surface area (Å²) in [6.07, 6.45) is 4.01. The molecule has 0 heterocycles. The number of carboxylic acid groups (broad SMARTS) is 1. The van der Waals surface area contributed by atoms with Crippen LogP contribution in [0.2, 0.25) is 0 Å². The standard InChI is InChI=1S/C14H19NO2/c1-2-3-7-11-15(12-10-14(16)17)13-8-5-4-6-9-13/h2,4-6,8-9H,1,3,7,10-12H2,(H,16,17). The summed E-state index contributed by atoms with van der Waals surface area (Å²) in [6, 6.07) is 9.92. The van der Waals surface area contributed by atoms with Crippen LogP contribution in [0.25, 0.3) is 0 Å². The van der Waals surface area contributed by atoms with Crippen molar-refractivity contribution in [2.24, 2.45) is 0 Å². The van der Waals surface area contributed by atoms with Gasteiger partial charge in [-0.05, 0) is 25.0 Å². The van der Waals surface area contributed by atoms with Crippen molar-refractivity contribution in [3.05, 3.63) is 43.0 Å². The summed E-state index contributed by atoms with van der Waals surface area (Å²) in [5.41, 5.74) is 1.08. The van der Waals surface area contributed by atoms with Crippen LogP contribution in [0.1, 0.15) is 19.3 Å². The number of para-hydroxylation sites is 1. The van der Waals surface area contributed by atoms with E-state index in [0.717, 1.165) is 25.1 Å². The first-order chi connectivity index (χ1) is 8.24. The van der Waals surface area contributed by atoms with Crippen LogP contribution in [-0.4, -0.2) is 24.2 Å². The van der Waals surface area contributed by atoms with Gasteiger partial charge in [0.05, 0.1) is 6.42 Å². The molecular formula is C14H19NO2.